The van der Waals surface area contributed by atoms with Crippen LogP contribution in [0.1, 0.15) is 22.8 Å². The topological polar surface area (TPSA) is 68.0 Å². The van der Waals surface area contributed by atoms with Crippen molar-refractivity contribution in [2.45, 2.75) is 26.7 Å². The number of carbonyl (C=O) groups excluding carboxylic acids is 1. The van der Waals surface area contributed by atoms with E-state index in [1.807, 2.05) is 6.07 Å². The largest absolute Gasteiger partial charge is 0.355 e. The first-order chi connectivity index (χ1) is 9.13. The number of benzene rings is 1. The molecular formula is C14H17N3O2. The minimum atomic E-state index is -0.0894. The van der Waals surface area contributed by atoms with Gasteiger partial charge in [0.1, 0.15) is 0 Å². The van der Waals surface area contributed by atoms with Crippen molar-refractivity contribution in [2.24, 2.45) is 0 Å². The third-order valence-electron chi connectivity index (χ3n) is 2.71. The summed E-state index contributed by atoms with van der Waals surface area (Å²) in [5.41, 5.74) is 2.45. The van der Waals surface area contributed by atoms with Gasteiger partial charge in [0.05, 0.1) is 6.42 Å². The van der Waals surface area contributed by atoms with E-state index in [9.17, 15) is 4.79 Å². The summed E-state index contributed by atoms with van der Waals surface area (Å²) in [6.45, 7) is 4.37. The van der Waals surface area contributed by atoms with Gasteiger partial charge in [0, 0.05) is 13.5 Å². The molecule has 1 heterocycles. The van der Waals surface area contributed by atoms with Gasteiger partial charge in [0.25, 0.3) is 0 Å². The number of amides is 1. The average molecular weight is 259 g/mol. The average Bonchev–Trinajstić information content (AvgIpc) is 2.75. The number of aryl methyl sites for hydroxylation is 2. The van der Waals surface area contributed by atoms with Crippen LogP contribution in [-0.4, -0.2) is 22.6 Å². The molecule has 2 rings (SSSR count). The van der Waals surface area contributed by atoms with Crippen LogP contribution in [0.25, 0.3) is 0 Å². The Balaban J connectivity index is 1.75. The molecule has 1 aromatic carbocycles. The standard InChI is InChI=1S/C14H17N3O2/c1-10-4-3-5-12(8-10)6-7-15-14(18)9-13-16-11(2)19-17-13/h3-5,8H,6-7,9H2,1-2H3,(H,15,18). The highest BCUT2D eigenvalue weighted by molar-refractivity contribution is 5.77. The molecule has 0 aliphatic carbocycles. The summed E-state index contributed by atoms with van der Waals surface area (Å²) in [6.07, 6.45) is 0.976. The first kappa shape index (κ1) is 13.3. The molecule has 5 nitrogen and oxygen atoms in total. The summed E-state index contributed by atoms with van der Waals surface area (Å²) < 4.78 is 4.81. The number of aromatic nitrogens is 2. The fourth-order valence-corrected chi connectivity index (χ4v) is 1.83. The quantitative estimate of drug-likeness (QED) is 0.885. The number of nitrogens with one attached hydrogen (secondary N) is 1. The summed E-state index contributed by atoms with van der Waals surface area (Å²) in [4.78, 5) is 15.6. The highest BCUT2D eigenvalue weighted by atomic mass is 16.5. The van der Waals surface area contributed by atoms with Gasteiger partial charge in [-0.15, -0.1) is 0 Å². The van der Waals surface area contributed by atoms with Crippen LogP contribution in [-0.2, 0) is 17.6 Å². The van der Waals surface area contributed by atoms with E-state index in [0.29, 0.717) is 18.3 Å². The van der Waals surface area contributed by atoms with Gasteiger partial charge in [-0.2, -0.15) is 4.98 Å². The van der Waals surface area contributed by atoms with Crippen LogP contribution < -0.4 is 5.32 Å². The minimum Gasteiger partial charge on any atom is -0.355 e. The summed E-state index contributed by atoms with van der Waals surface area (Å²) in [5, 5.41) is 6.53. The van der Waals surface area contributed by atoms with Gasteiger partial charge in [-0.05, 0) is 18.9 Å². The van der Waals surface area contributed by atoms with E-state index in [1.54, 1.807) is 6.92 Å². The molecule has 0 radical (unpaired) electrons. The SMILES string of the molecule is Cc1cccc(CCNC(=O)Cc2noc(C)n2)c1. The summed E-state index contributed by atoms with van der Waals surface area (Å²) in [7, 11) is 0. The molecule has 0 atom stereocenters. The van der Waals surface area contributed by atoms with Crippen LogP contribution in [0.2, 0.25) is 0 Å². The van der Waals surface area contributed by atoms with Crippen LogP contribution in [0.3, 0.4) is 0 Å². The molecule has 0 fully saturated rings. The Morgan fingerprint density at radius 1 is 1.37 bits per heavy atom. The minimum absolute atomic E-state index is 0.0894. The lowest BCUT2D eigenvalue weighted by atomic mass is 10.1. The van der Waals surface area contributed by atoms with Gasteiger partial charge in [-0.1, -0.05) is 35.0 Å². The summed E-state index contributed by atoms with van der Waals surface area (Å²) >= 11 is 0. The number of hydrogen-bond acceptors (Lipinski definition) is 4. The van der Waals surface area contributed by atoms with E-state index >= 15 is 0 Å². The van der Waals surface area contributed by atoms with Crippen molar-refractivity contribution < 1.29 is 9.32 Å². The second-order valence-corrected chi connectivity index (χ2v) is 4.50. The fourth-order valence-electron chi connectivity index (χ4n) is 1.83. The molecule has 0 saturated heterocycles. The molecule has 0 aliphatic rings. The van der Waals surface area contributed by atoms with Gasteiger partial charge in [-0.3, -0.25) is 4.79 Å². The lowest BCUT2D eigenvalue weighted by Gasteiger charge is -2.04. The van der Waals surface area contributed by atoms with Crippen LogP contribution in [0, 0.1) is 13.8 Å². The van der Waals surface area contributed by atoms with E-state index in [-0.39, 0.29) is 12.3 Å². The third kappa shape index (κ3) is 4.21. The maximum absolute atomic E-state index is 11.6. The maximum Gasteiger partial charge on any atom is 0.227 e. The molecule has 1 N–H and O–H groups in total. The van der Waals surface area contributed by atoms with E-state index < -0.39 is 0 Å². The maximum atomic E-state index is 11.6. The van der Waals surface area contributed by atoms with E-state index in [4.69, 9.17) is 4.52 Å². The molecule has 100 valence electrons. The highest BCUT2D eigenvalue weighted by Crippen LogP contribution is 2.04. The van der Waals surface area contributed by atoms with Crippen molar-refractivity contribution in [3.63, 3.8) is 0 Å². The van der Waals surface area contributed by atoms with Crippen LogP contribution in [0.4, 0.5) is 0 Å². The van der Waals surface area contributed by atoms with Crippen molar-refractivity contribution >= 4 is 5.91 Å². The fraction of sp³-hybridized carbons (Fsp3) is 0.357. The van der Waals surface area contributed by atoms with E-state index in [2.05, 4.69) is 40.6 Å². The molecule has 5 heteroatoms. The smallest absolute Gasteiger partial charge is 0.227 e. The monoisotopic (exact) mass is 259 g/mol. The second-order valence-electron chi connectivity index (χ2n) is 4.50. The lowest BCUT2D eigenvalue weighted by Crippen LogP contribution is -2.27. The predicted molar refractivity (Wildman–Crippen MR) is 70.6 cm³/mol. The van der Waals surface area contributed by atoms with E-state index in [0.717, 1.165) is 6.42 Å². The second kappa shape index (κ2) is 6.13. The molecule has 0 bridgehead atoms. The van der Waals surface area contributed by atoms with E-state index in [1.165, 1.54) is 11.1 Å². The molecule has 0 aliphatic heterocycles. The lowest BCUT2D eigenvalue weighted by molar-refractivity contribution is -0.120. The summed E-state index contributed by atoms with van der Waals surface area (Å²) in [6, 6.07) is 8.26. The third-order valence-corrected chi connectivity index (χ3v) is 2.71. The Morgan fingerprint density at radius 2 is 2.21 bits per heavy atom. The predicted octanol–water partition coefficient (Wildman–Crippen LogP) is 1.59. The Bertz CT molecular complexity index is 563. The molecule has 1 amide bonds. The first-order valence-corrected chi connectivity index (χ1v) is 6.25. The van der Waals surface area contributed by atoms with Gasteiger partial charge >= 0.3 is 0 Å². The molecule has 0 saturated carbocycles. The van der Waals surface area contributed by atoms with Gasteiger partial charge in [0.15, 0.2) is 5.82 Å². The van der Waals surface area contributed by atoms with Crippen molar-refractivity contribution in [1.82, 2.24) is 15.5 Å². The number of nitrogens with zero attached hydrogens (tertiary/aromatic N) is 2. The number of rotatable bonds is 5. The Labute approximate surface area is 112 Å². The number of hydrogen-bond donors (Lipinski definition) is 1. The Morgan fingerprint density at radius 3 is 2.89 bits per heavy atom. The molecule has 19 heavy (non-hydrogen) atoms. The normalized spacial score (nSPS) is 10.4. The zero-order chi connectivity index (χ0) is 13.7. The first-order valence-electron chi connectivity index (χ1n) is 6.25. The summed E-state index contributed by atoms with van der Waals surface area (Å²) in [5.74, 6) is 0.807. The van der Waals surface area contributed by atoms with Crippen molar-refractivity contribution in [2.75, 3.05) is 6.54 Å². The zero-order valence-electron chi connectivity index (χ0n) is 11.1. The van der Waals surface area contributed by atoms with Gasteiger partial charge in [0.2, 0.25) is 11.8 Å². The zero-order valence-corrected chi connectivity index (χ0v) is 11.1. The molecule has 0 spiro atoms. The van der Waals surface area contributed by atoms with Crippen molar-refractivity contribution in [3.8, 4) is 0 Å². The van der Waals surface area contributed by atoms with Gasteiger partial charge < -0.3 is 9.84 Å². The molecule has 2 aromatic rings. The highest BCUT2D eigenvalue weighted by Gasteiger charge is 2.08. The van der Waals surface area contributed by atoms with Crippen LogP contribution in [0.5, 0.6) is 0 Å². The molecular weight excluding hydrogens is 242 g/mol. The Kier molecular flexibility index (Phi) is 4.28. The van der Waals surface area contributed by atoms with Crippen LogP contribution in [0.15, 0.2) is 28.8 Å². The van der Waals surface area contributed by atoms with Crippen LogP contribution >= 0.6 is 0 Å². The Hall–Kier alpha value is -2.17. The molecule has 1 aromatic heterocycles. The van der Waals surface area contributed by atoms with Crippen molar-refractivity contribution in [1.29, 1.82) is 0 Å². The van der Waals surface area contributed by atoms with Gasteiger partial charge in [-0.25, -0.2) is 0 Å². The molecule has 0 unspecified atom stereocenters. The van der Waals surface area contributed by atoms with Crippen molar-refractivity contribution in [3.05, 3.63) is 47.1 Å². The number of carbonyl (C=O) groups is 1.